The van der Waals surface area contributed by atoms with Gasteiger partial charge in [-0.15, -0.1) is 0 Å². The van der Waals surface area contributed by atoms with Gasteiger partial charge in [0.25, 0.3) is 0 Å². The fourth-order valence-corrected chi connectivity index (χ4v) is 1.46. The van der Waals surface area contributed by atoms with Crippen LogP contribution in [0.3, 0.4) is 0 Å². The molecule has 0 saturated carbocycles. The second-order valence-corrected chi connectivity index (χ2v) is 5.30. The van der Waals surface area contributed by atoms with Crippen LogP contribution in [0.4, 0.5) is 13.6 Å². The molecule has 1 amide bonds. The number of ether oxygens (including phenoxy) is 1. The van der Waals surface area contributed by atoms with Crippen molar-refractivity contribution in [3.8, 4) is 0 Å². The Hall–Kier alpha value is -2.24. The van der Waals surface area contributed by atoms with Gasteiger partial charge in [0, 0.05) is 6.54 Å². The molecule has 1 N–H and O–H groups in total. The Bertz CT molecular complexity index is 540. The monoisotopic (exact) mass is 297 g/mol. The first kappa shape index (κ1) is 16.8. The fourth-order valence-electron chi connectivity index (χ4n) is 1.46. The van der Waals surface area contributed by atoms with E-state index in [1.807, 2.05) is 0 Å². The molecule has 0 atom stereocenters. The molecule has 0 saturated heterocycles. The highest BCUT2D eigenvalue weighted by Gasteiger charge is 2.15. The van der Waals surface area contributed by atoms with Crippen LogP contribution in [0.1, 0.15) is 36.7 Å². The predicted molar refractivity (Wildman–Crippen MR) is 75.0 cm³/mol. The van der Waals surface area contributed by atoms with Gasteiger partial charge in [-0.25, -0.2) is 13.6 Å². The zero-order valence-corrected chi connectivity index (χ0v) is 12.1. The Kier molecular flexibility index (Phi) is 5.58. The molecule has 0 aliphatic heterocycles. The van der Waals surface area contributed by atoms with Crippen molar-refractivity contribution in [3.63, 3.8) is 0 Å². The number of hydrogen-bond acceptors (Lipinski definition) is 3. The van der Waals surface area contributed by atoms with Crippen molar-refractivity contribution in [2.75, 3.05) is 6.54 Å². The molecule has 21 heavy (non-hydrogen) atoms. The summed E-state index contributed by atoms with van der Waals surface area (Å²) in [5.74, 6) is -1.85. The van der Waals surface area contributed by atoms with Gasteiger partial charge in [-0.05, 0) is 38.5 Å². The Balaban J connectivity index is 2.59. The minimum atomic E-state index is -0.926. The van der Waals surface area contributed by atoms with Crippen LogP contribution < -0.4 is 5.32 Å². The highest BCUT2D eigenvalue weighted by molar-refractivity contribution is 5.76. The molecule has 1 rings (SSSR count). The molecule has 0 bridgehead atoms. The van der Waals surface area contributed by atoms with E-state index in [9.17, 15) is 18.4 Å². The molecule has 0 aliphatic rings. The SMILES string of the molecule is CC(C)(C)OC(=O)NCC=Cc1cc(F)c(C=O)c(F)c1. The standard InChI is InChI=1S/C15H17F2NO3/c1-15(2,3)21-14(20)18-6-4-5-10-7-12(16)11(9-19)13(17)8-10/h4-5,7-9H,6H2,1-3H3,(H,18,20). The van der Waals surface area contributed by atoms with E-state index >= 15 is 0 Å². The summed E-state index contributed by atoms with van der Waals surface area (Å²) in [6.45, 7) is 5.36. The summed E-state index contributed by atoms with van der Waals surface area (Å²) in [6.07, 6.45) is 2.49. The molecule has 0 aliphatic carbocycles. The molecule has 0 radical (unpaired) electrons. The van der Waals surface area contributed by atoms with Gasteiger partial charge in [-0.2, -0.15) is 0 Å². The number of nitrogens with one attached hydrogen (secondary N) is 1. The van der Waals surface area contributed by atoms with Crippen LogP contribution in [-0.4, -0.2) is 24.5 Å². The minimum absolute atomic E-state index is 0.127. The lowest BCUT2D eigenvalue weighted by Crippen LogP contribution is -2.32. The maximum Gasteiger partial charge on any atom is 0.407 e. The molecular formula is C15H17F2NO3. The Morgan fingerprint density at radius 2 is 1.86 bits per heavy atom. The molecule has 0 spiro atoms. The summed E-state index contributed by atoms with van der Waals surface area (Å²) in [5, 5.41) is 2.47. The number of carbonyl (C=O) groups excluding carboxylic acids is 2. The van der Waals surface area contributed by atoms with Crippen molar-refractivity contribution >= 4 is 18.5 Å². The third-order valence-corrected chi connectivity index (χ3v) is 2.29. The van der Waals surface area contributed by atoms with Crippen LogP contribution in [0.25, 0.3) is 6.08 Å². The van der Waals surface area contributed by atoms with E-state index < -0.39 is 28.9 Å². The molecule has 1 aromatic carbocycles. The van der Waals surface area contributed by atoms with Crippen LogP contribution in [0.2, 0.25) is 0 Å². The van der Waals surface area contributed by atoms with Gasteiger partial charge in [-0.3, -0.25) is 4.79 Å². The van der Waals surface area contributed by atoms with Crippen molar-refractivity contribution in [2.24, 2.45) is 0 Å². The third kappa shape index (κ3) is 5.72. The lowest BCUT2D eigenvalue weighted by molar-refractivity contribution is 0.0534. The Morgan fingerprint density at radius 3 is 2.33 bits per heavy atom. The number of halogens is 2. The quantitative estimate of drug-likeness (QED) is 0.867. The average Bonchev–Trinajstić information content (AvgIpc) is 2.32. The molecular weight excluding hydrogens is 280 g/mol. The molecule has 4 nitrogen and oxygen atoms in total. The van der Waals surface area contributed by atoms with Crippen LogP contribution >= 0.6 is 0 Å². The highest BCUT2D eigenvalue weighted by atomic mass is 19.1. The highest BCUT2D eigenvalue weighted by Crippen LogP contribution is 2.14. The van der Waals surface area contributed by atoms with Crippen molar-refractivity contribution in [3.05, 3.63) is 41.0 Å². The van der Waals surface area contributed by atoms with Gasteiger partial charge >= 0.3 is 6.09 Å². The van der Waals surface area contributed by atoms with Gasteiger partial charge in [0.15, 0.2) is 6.29 Å². The van der Waals surface area contributed by atoms with Gasteiger partial charge in [0.2, 0.25) is 0 Å². The zero-order chi connectivity index (χ0) is 16.0. The summed E-state index contributed by atoms with van der Waals surface area (Å²) >= 11 is 0. The van der Waals surface area contributed by atoms with E-state index in [4.69, 9.17) is 4.74 Å². The van der Waals surface area contributed by atoms with E-state index in [0.29, 0.717) is 0 Å². The molecule has 6 heteroatoms. The van der Waals surface area contributed by atoms with Crippen LogP contribution in [-0.2, 0) is 4.74 Å². The number of amides is 1. The molecule has 0 aromatic heterocycles. The normalized spacial score (nSPS) is 11.5. The first-order valence-corrected chi connectivity index (χ1v) is 6.30. The summed E-state index contributed by atoms with van der Waals surface area (Å²) in [4.78, 5) is 21.8. The maximum atomic E-state index is 13.3. The second-order valence-electron chi connectivity index (χ2n) is 5.30. The van der Waals surface area contributed by atoms with Gasteiger partial charge in [-0.1, -0.05) is 12.2 Å². The first-order chi connectivity index (χ1) is 9.73. The number of alkyl carbamates (subject to hydrolysis) is 1. The maximum absolute atomic E-state index is 13.3. The number of aldehydes is 1. The zero-order valence-electron chi connectivity index (χ0n) is 12.1. The van der Waals surface area contributed by atoms with E-state index in [0.717, 1.165) is 12.1 Å². The number of carbonyl (C=O) groups is 2. The summed E-state index contributed by atoms with van der Waals surface area (Å²) in [6, 6.07) is 2.08. The number of hydrogen-bond donors (Lipinski definition) is 1. The molecule has 114 valence electrons. The lowest BCUT2D eigenvalue weighted by atomic mass is 10.1. The minimum Gasteiger partial charge on any atom is -0.444 e. The molecule has 0 heterocycles. The van der Waals surface area contributed by atoms with Gasteiger partial charge in [0.1, 0.15) is 17.2 Å². The molecule has 0 unspecified atom stereocenters. The van der Waals surface area contributed by atoms with Crippen molar-refractivity contribution in [2.45, 2.75) is 26.4 Å². The molecule has 1 aromatic rings. The fraction of sp³-hybridized carbons (Fsp3) is 0.333. The lowest BCUT2D eigenvalue weighted by Gasteiger charge is -2.19. The largest absolute Gasteiger partial charge is 0.444 e. The third-order valence-electron chi connectivity index (χ3n) is 2.29. The van der Waals surface area contributed by atoms with Crippen LogP contribution in [0.5, 0.6) is 0 Å². The average molecular weight is 297 g/mol. The number of rotatable bonds is 4. The Morgan fingerprint density at radius 1 is 1.29 bits per heavy atom. The van der Waals surface area contributed by atoms with E-state index in [1.165, 1.54) is 12.2 Å². The van der Waals surface area contributed by atoms with Gasteiger partial charge in [0.05, 0.1) is 5.56 Å². The van der Waals surface area contributed by atoms with E-state index in [-0.39, 0.29) is 18.4 Å². The van der Waals surface area contributed by atoms with Crippen molar-refractivity contribution < 1.29 is 23.1 Å². The predicted octanol–water partition coefficient (Wildman–Crippen LogP) is 3.32. The molecule has 0 fully saturated rings. The first-order valence-electron chi connectivity index (χ1n) is 6.30. The summed E-state index contributed by atoms with van der Waals surface area (Å²) in [7, 11) is 0. The smallest absolute Gasteiger partial charge is 0.407 e. The number of benzene rings is 1. The Labute approximate surface area is 121 Å². The van der Waals surface area contributed by atoms with Crippen molar-refractivity contribution in [1.82, 2.24) is 5.32 Å². The van der Waals surface area contributed by atoms with Crippen LogP contribution in [0, 0.1) is 11.6 Å². The topological polar surface area (TPSA) is 55.4 Å². The van der Waals surface area contributed by atoms with Crippen molar-refractivity contribution in [1.29, 1.82) is 0 Å². The second kappa shape index (κ2) is 6.97. The van der Waals surface area contributed by atoms with Crippen LogP contribution in [0.15, 0.2) is 18.2 Å². The summed E-state index contributed by atoms with van der Waals surface area (Å²) < 4.78 is 31.7. The summed E-state index contributed by atoms with van der Waals surface area (Å²) in [5.41, 5.74) is -0.939. The van der Waals surface area contributed by atoms with E-state index in [2.05, 4.69) is 5.32 Å². The van der Waals surface area contributed by atoms with Gasteiger partial charge < -0.3 is 10.1 Å². The van der Waals surface area contributed by atoms with E-state index in [1.54, 1.807) is 20.8 Å².